The number of nitrogens with zero attached hydrogens (tertiary/aromatic N) is 2. The molecule has 6 nitrogen and oxygen atoms in total. The highest BCUT2D eigenvalue weighted by atomic mass is 35.5. The Hall–Kier alpha value is -3.39. The third-order valence-corrected chi connectivity index (χ3v) is 6.74. The molecule has 1 aliphatic heterocycles. The van der Waals surface area contributed by atoms with Crippen LogP contribution in [0.1, 0.15) is 30.5 Å². The second-order valence-corrected chi connectivity index (χ2v) is 9.26. The van der Waals surface area contributed by atoms with E-state index >= 15 is 0 Å². The molecule has 0 bridgehead atoms. The third-order valence-electron chi connectivity index (χ3n) is 5.69. The van der Waals surface area contributed by atoms with Crippen LogP contribution >= 0.6 is 35.4 Å². The first-order chi connectivity index (χ1) is 16.9. The Kier molecular flexibility index (Phi) is 6.47. The van der Waals surface area contributed by atoms with E-state index in [-0.39, 0.29) is 18.0 Å². The van der Waals surface area contributed by atoms with Gasteiger partial charge in [0.2, 0.25) is 5.91 Å². The molecule has 9 heteroatoms. The molecular weight excluding hydrogens is 503 g/mol. The van der Waals surface area contributed by atoms with Gasteiger partial charge in [0.25, 0.3) is 0 Å². The molecule has 1 amide bonds. The lowest BCUT2D eigenvalue weighted by Gasteiger charge is -2.26. The fraction of sp³-hybridized carbons (Fsp3) is 0.115. The molecule has 0 spiro atoms. The van der Waals surface area contributed by atoms with Crippen molar-refractivity contribution in [3.05, 3.63) is 100 Å². The number of amides is 1. The van der Waals surface area contributed by atoms with Crippen LogP contribution in [0.15, 0.2) is 83.4 Å². The first kappa shape index (κ1) is 23.4. The Morgan fingerprint density at radius 2 is 1.86 bits per heavy atom. The molecule has 0 saturated carbocycles. The van der Waals surface area contributed by atoms with E-state index < -0.39 is 0 Å². The van der Waals surface area contributed by atoms with Crippen molar-refractivity contribution in [1.82, 2.24) is 10.3 Å². The van der Waals surface area contributed by atoms with Gasteiger partial charge in [0.15, 0.2) is 5.11 Å². The fourth-order valence-electron chi connectivity index (χ4n) is 4.15. The van der Waals surface area contributed by atoms with Crippen LogP contribution in [0.4, 0.5) is 11.4 Å². The molecule has 35 heavy (non-hydrogen) atoms. The highest BCUT2D eigenvalue weighted by Crippen LogP contribution is 2.43. The van der Waals surface area contributed by atoms with Gasteiger partial charge < -0.3 is 20.0 Å². The molecule has 0 radical (unpaired) electrons. The van der Waals surface area contributed by atoms with Crippen LogP contribution < -0.4 is 15.5 Å². The molecule has 176 valence electrons. The van der Waals surface area contributed by atoms with Crippen molar-refractivity contribution in [2.24, 2.45) is 0 Å². The van der Waals surface area contributed by atoms with Gasteiger partial charge in [0, 0.05) is 30.1 Å². The SMILES string of the molecule is CC(=O)Nc1ccc(N2C(=S)N[C@H](c3ccccn3)[C@@H]2c2ccc(-c3ccc(Cl)c(Cl)c3)o2)cc1. The first-order valence-electron chi connectivity index (χ1n) is 10.8. The lowest BCUT2D eigenvalue weighted by molar-refractivity contribution is -0.114. The standard InChI is InChI=1S/C26H20Cl2N4O2S/c1-15(33)30-17-6-8-18(9-7-17)32-25(24(31-26(32)35)21-4-2-3-13-29-21)23-12-11-22(34-23)16-5-10-19(27)20(28)14-16/h2-14,24-25H,1H3,(H,30,33)(H,31,35)/t24-,25+/m1/s1. The first-order valence-corrected chi connectivity index (χ1v) is 12.0. The number of carbonyl (C=O) groups excluding carboxylic acids is 1. The number of benzene rings is 2. The van der Waals surface area contributed by atoms with Crippen molar-refractivity contribution in [2.45, 2.75) is 19.0 Å². The predicted molar refractivity (Wildman–Crippen MR) is 143 cm³/mol. The second kappa shape index (κ2) is 9.70. The zero-order chi connectivity index (χ0) is 24.5. The molecule has 4 aromatic rings. The second-order valence-electron chi connectivity index (χ2n) is 8.06. The average Bonchev–Trinajstić information content (AvgIpc) is 3.46. The van der Waals surface area contributed by atoms with E-state index in [4.69, 9.17) is 39.8 Å². The summed E-state index contributed by atoms with van der Waals surface area (Å²) in [5.41, 5.74) is 3.22. The van der Waals surface area contributed by atoms with Gasteiger partial charge in [-0.3, -0.25) is 9.78 Å². The quantitative estimate of drug-likeness (QED) is 0.281. The zero-order valence-corrected chi connectivity index (χ0v) is 20.9. The Morgan fingerprint density at radius 1 is 1.06 bits per heavy atom. The summed E-state index contributed by atoms with van der Waals surface area (Å²) >= 11 is 18.1. The maximum absolute atomic E-state index is 11.4. The monoisotopic (exact) mass is 522 g/mol. The van der Waals surface area contributed by atoms with Gasteiger partial charge in [0.1, 0.15) is 17.6 Å². The molecule has 5 rings (SSSR count). The van der Waals surface area contributed by atoms with E-state index in [1.807, 2.05) is 65.6 Å². The number of carbonyl (C=O) groups is 1. The lowest BCUT2D eigenvalue weighted by Crippen LogP contribution is -2.29. The third kappa shape index (κ3) is 4.75. The van der Waals surface area contributed by atoms with E-state index in [9.17, 15) is 4.79 Å². The summed E-state index contributed by atoms with van der Waals surface area (Å²) in [6.45, 7) is 1.48. The van der Waals surface area contributed by atoms with Gasteiger partial charge in [-0.15, -0.1) is 0 Å². The van der Waals surface area contributed by atoms with E-state index in [0.717, 1.165) is 16.9 Å². The van der Waals surface area contributed by atoms with Crippen molar-refractivity contribution < 1.29 is 9.21 Å². The van der Waals surface area contributed by atoms with Crippen molar-refractivity contribution >= 4 is 57.8 Å². The minimum absolute atomic E-state index is 0.130. The summed E-state index contributed by atoms with van der Waals surface area (Å²) in [4.78, 5) is 18.0. The number of halogens is 2. The smallest absolute Gasteiger partial charge is 0.221 e. The molecule has 2 atom stereocenters. The molecule has 1 fully saturated rings. The molecule has 3 heterocycles. The number of anilines is 2. The highest BCUT2D eigenvalue weighted by Gasteiger charge is 2.42. The lowest BCUT2D eigenvalue weighted by atomic mass is 10.0. The Bertz CT molecular complexity index is 1390. The largest absolute Gasteiger partial charge is 0.459 e. The van der Waals surface area contributed by atoms with Gasteiger partial charge >= 0.3 is 0 Å². The van der Waals surface area contributed by atoms with Crippen LogP contribution in [-0.4, -0.2) is 16.0 Å². The Morgan fingerprint density at radius 3 is 2.54 bits per heavy atom. The summed E-state index contributed by atoms with van der Waals surface area (Å²) in [6.07, 6.45) is 1.76. The van der Waals surface area contributed by atoms with Gasteiger partial charge in [0.05, 0.1) is 21.8 Å². The molecule has 2 aromatic carbocycles. The average molecular weight is 523 g/mol. The molecule has 1 saturated heterocycles. The van der Waals surface area contributed by atoms with Gasteiger partial charge in [-0.1, -0.05) is 29.3 Å². The van der Waals surface area contributed by atoms with Crippen molar-refractivity contribution in [1.29, 1.82) is 0 Å². The summed E-state index contributed by atoms with van der Waals surface area (Å²) in [7, 11) is 0. The number of nitrogens with one attached hydrogen (secondary N) is 2. The summed E-state index contributed by atoms with van der Waals surface area (Å²) in [6, 6.07) is 22.0. The maximum Gasteiger partial charge on any atom is 0.221 e. The molecule has 0 unspecified atom stereocenters. The molecule has 1 aliphatic rings. The number of pyridine rings is 1. The number of rotatable bonds is 5. The molecule has 2 aromatic heterocycles. The van der Waals surface area contributed by atoms with E-state index in [1.54, 1.807) is 18.3 Å². The zero-order valence-electron chi connectivity index (χ0n) is 18.5. The predicted octanol–water partition coefficient (Wildman–Crippen LogP) is 6.78. The minimum atomic E-state index is -0.305. The number of thiocarbonyl (C=S) groups is 1. The maximum atomic E-state index is 11.4. The van der Waals surface area contributed by atoms with Crippen LogP contribution in [0.2, 0.25) is 10.0 Å². The van der Waals surface area contributed by atoms with Gasteiger partial charge in [-0.05, 0) is 78.9 Å². The summed E-state index contributed by atoms with van der Waals surface area (Å²) in [5.74, 6) is 1.24. The highest BCUT2D eigenvalue weighted by molar-refractivity contribution is 7.80. The molecular formula is C26H20Cl2N4O2S. The van der Waals surface area contributed by atoms with Crippen molar-refractivity contribution in [3.63, 3.8) is 0 Å². The van der Waals surface area contributed by atoms with Crippen molar-refractivity contribution in [3.8, 4) is 11.3 Å². The van der Waals surface area contributed by atoms with E-state index in [1.165, 1.54) is 6.92 Å². The van der Waals surface area contributed by atoms with Gasteiger partial charge in [-0.2, -0.15) is 0 Å². The van der Waals surface area contributed by atoms with Crippen LogP contribution in [0.3, 0.4) is 0 Å². The Balaban J connectivity index is 1.55. The van der Waals surface area contributed by atoms with Crippen LogP contribution in [0, 0.1) is 0 Å². The Labute approximate surface area is 217 Å². The van der Waals surface area contributed by atoms with Crippen LogP contribution in [-0.2, 0) is 4.79 Å². The molecule has 2 N–H and O–H groups in total. The summed E-state index contributed by atoms with van der Waals surface area (Å²) < 4.78 is 6.35. The number of hydrogen-bond donors (Lipinski definition) is 2. The van der Waals surface area contributed by atoms with Crippen molar-refractivity contribution in [2.75, 3.05) is 10.2 Å². The van der Waals surface area contributed by atoms with Crippen LogP contribution in [0.5, 0.6) is 0 Å². The number of furan rings is 1. The number of hydrogen-bond acceptors (Lipinski definition) is 4. The normalized spacial score (nSPS) is 17.3. The molecule has 0 aliphatic carbocycles. The van der Waals surface area contributed by atoms with E-state index in [2.05, 4.69) is 15.6 Å². The summed E-state index contributed by atoms with van der Waals surface area (Å²) in [5, 5.41) is 7.68. The fourth-order valence-corrected chi connectivity index (χ4v) is 4.79. The number of aromatic nitrogens is 1. The minimum Gasteiger partial charge on any atom is -0.459 e. The topological polar surface area (TPSA) is 70.4 Å². The van der Waals surface area contributed by atoms with Crippen LogP contribution in [0.25, 0.3) is 11.3 Å². The van der Waals surface area contributed by atoms with E-state index in [0.29, 0.717) is 32.4 Å². The van der Waals surface area contributed by atoms with Gasteiger partial charge in [-0.25, -0.2) is 0 Å².